The topological polar surface area (TPSA) is 38.3 Å². The molecule has 1 aromatic carbocycles. The van der Waals surface area contributed by atoms with Crippen LogP contribution in [-0.2, 0) is 6.42 Å². The fourth-order valence-corrected chi connectivity index (χ4v) is 2.32. The summed E-state index contributed by atoms with van der Waals surface area (Å²) in [5.74, 6) is 1.92. The highest BCUT2D eigenvalue weighted by Crippen LogP contribution is 2.26. The van der Waals surface area contributed by atoms with E-state index in [9.17, 15) is 0 Å². The van der Waals surface area contributed by atoms with Gasteiger partial charge in [-0.2, -0.15) is 0 Å². The first kappa shape index (κ1) is 12.1. The fraction of sp³-hybridized carbons (Fsp3) is 0.250. The van der Waals surface area contributed by atoms with Crippen molar-refractivity contribution in [3.05, 3.63) is 60.2 Å². The molecule has 0 saturated heterocycles. The standard InChI is InChI=1S/C16H17NO2/c1-2-17-14(11-13-7-5-9-18-13)16-10-12-6-3-4-8-15(12)19-16/h3-10,14,17H,2,11H2,1H3. The zero-order chi connectivity index (χ0) is 13.1. The predicted molar refractivity (Wildman–Crippen MR) is 75.0 cm³/mol. The Balaban J connectivity index is 1.90. The summed E-state index contributed by atoms with van der Waals surface area (Å²) in [6, 6.07) is 14.2. The Kier molecular flexibility index (Phi) is 3.38. The number of para-hydroxylation sites is 1. The third-order valence-electron chi connectivity index (χ3n) is 3.22. The molecular formula is C16H17NO2. The second-order valence-electron chi connectivity index (χ2n) is 4.58. The van der Waals surface area contributed by atoms with E-state index in [0.717, 1.165) is 35.5 Å². The van der Waals surface area contributed by atoms with Gasteiger partial charge in [0.2, 0.25) is 0 Å². The highest BCUT2D eigenvalue weighted by atomic mass is 16.3. The Bertz CT molecular complexity index is 607. The highest BCUT2D eigenvalue weighted by molar-refractivity contribution is 5.77. The normalized spacial score (nSPS) is 12.9. The van der Waals surface area contributed by atoms with E-state index in [1.54, 1.807) is 6.26 Å². The molecule has 1 unspecified atom stereocenters. The number of fused-ring (bicyclic) bond motifs is 1. The van der Waals surface area contributed by atoms with E-state index in [0.29, 0.717) is 0 Å². The molecule has 3 heteroatoms. The first-order valence-corrected chi connectivity index (χ1v) is 6.61. The van der Waals surface area contributed by atoms with Crippen molar-refractivity contribution in [2.75, 3.05) is 6.54 Å². The van der Waals surface area contributed by atoms with Crippen molar-refractivity contribution in [1.82, 2.24) is 5.32 Å². The molecule has 0 saturated carbocycles. The van der Waals surface area contributed by atoms with Gasteiger partial charge < -0.3 is 14.2 Å². The summed E-state index contributed by atoms with van der Waals surface area (Å²) in [6.45, 7) is 2.99. The lowest BCUT2D eigenvalue weighted by molar-refractivity contribution is 0.401. The van der Waals surface area contributed by atoms with Crippen molar-refractivity contribution in [1.29, 1.82) is 0 Å². The van der Waals surface area contributed by atoms with Crippen LogP contribution in [-0.4, -0.2) is 6.54 Å². The highest BCUT2D eigenvalue weighted by Gasteiger charge is 2.17. The summed E-state index contributed by atoms with van der Waals surface area (Å²) in [4.78, 5) is 0. The number of nitrogens with one attached hydrogen (secondary N) is 1. The van der Waals surface area contributed by atoms with Gasteiger partial charge in [0.1, 0.15) is 17.1 Å². The molecule has 0 bridgehead atoms. The number of rotatable bonds is 5. The average molecular weight is 255 g/mol. The monoisotopic (exact) mass is 255 g/mol. The summed E-state index contributed by atoms with van der Waals surface area (Å²) in [6.07, 6.45) is 2.50. The molecule has 2 aromatic heterocycles. The minimum Gasteiger partial charge on any atom is -0.469 e. The molecule has 0 fully saturated rings. The maximum absolute atomic E-state index is 5.93. The Morgan fingerprint density at radius 1 is 1.16 bits per heavy atom. The fourth-order valence-electron chi connectivity index (χ4n) is 2.32. The summed E-state index contributed by atoms with van der Waals surface area (Å²) in [5.41, 5.74) is 0.930. The van der Waals surface area contributed by atoms with Crippen molar-refractivity contribution in [2.24, 2.45) is 0 Å². The van der Waals surface area contributed by atoms with Gasteiger partial charge in [-0.1, -0.05) is 25.1 Å². The number of hydrogen-bond donors (Lipinski definition) is 1. The van der Waals surface area contributed by atoms with Gasteiger partial charge in [0.25, 0.3) is 0 Å². The third kappa shape index (κ3) is 2.56. The Labute approximate surface area is 112 Å². The summed E-state index contributed by atoms with van der Waals surface area (Å²) in [5, 5.41) is 4.58. The molecule has 0 aliphatic heterocycles. The Morgan fingerprint density at radius 3 is 2.79 bits per heavy atom. The van der Waals surface area contributed by atoms with Crippen LogP contribution in [0.15, 0.2) is 57.6 Å². The second-order valence-corrected chi connectivity index (χ2v) is 4.58. The minimum atomic E-state index is 0.142. The molecule has 0 aliphatic carbocycles. The molecule has 2 heterocycles. The summed E-state index contributed by atoms with van der Waals surface area (Å²) < 4.78 is 11.4. The minimum absolute atomic E-state index is 0.142. The quantitative estimate of drug-likeness (QED) is 0.751. The maximum atomic E-state index is 5.93. The molecule has 0 aliphatic rings. The molecule has 0 amide bonds. The zero-order valence-electron chi connectivity index (χ0n) is 10.9. The zero-order valence-corrected chi connectivity index (χ0v) is 10.9. The van der Waals surface area contributed by atoms with Crippen LogP contribution in [0, 0.1) is 0 Å². The largest absolute Gasteiger partial charge is 0.469 e. The van der Waals surface area contributed by atoms with Crippen molar-refractivity contribution in [3.63, 3.8) is 0 Å². The first-order chi connectivity index (χ1) is 9.36. The van der Waals surface area contributed by atoms with Crippen LogP contribution in [0.25, 0.3) is 11.0 Å². The van der Waals surface area contributed by atoms with Crippen molar-refractivity contribution < 1.29 is 8.83 Å². The molecule has 1 atom stereocenters. The SMILES string of the molecule is CCNC(Cc1ccco1)c1cc2ccccc2o1. The van der Waals surface area contributed by atoms with Gasteiger partial charge in [-0.05, 0) is 30.8 Å². The number of furan rings is 2. The van der Waals surface area contributed by atoms with Crippen molar-refractivity contribution >= 4 is 11.0 Å². The van der Waals surface area contributed by atoms with Crippen LogP contribution in [0.5, 0.6) is 0 Å². The smallest absolute Gasteiger partial charge is 0.134 e. The Hall–Kier alpha value is -2.00. The van der Waals surface area contributed by atoms with E-state index in [4.69, 9.17) is 8.83 Å². The van der Waals surface area contributed by atoms with E-state index in [-0.39, 0.29) is 6.04 Å². The third-order valence-corrected chi connectivity index (χ3v) is 3.22. The van der Waals surface area contributed by atoms with Crippen LogP contribution < -0.4 is 5.32 Å². The van der Waals surface area contributed by atoms with Crippen LogP contribution in [0.2, 0.25) is 0 Å². The van der Waals surface area contributed by atoms with Gasteiger partial charge in [0.15, 0.2) is 0 Å². The van der Waals surface area contributed by atoms with Gasteiger partial charge in [0, 0.05) is 11.8 Å². The first-order valence-electron chi connectivity index (χ1n) is 6.61. The maximum Gasteiger partial charge on any atom is 0.134 e. The second kappa shape index (κ2) is 5.33. The molecule has 3 rings (SSSR count). The predicted octanol–water partition coefficient (Wildman–Crippen LogP) is 3.92. The molecule has 0 spiro atoms. The van der Waals surface area contributed by atoms with Crippen molar-refractivity contribution in [2.45, 2.75) is 19.4 Å². The molecule has 1 N–H and O–H groups in total. The lowest BCUT2D eigenvalue weighted by Crippen LogP contribution is -2.22. The van der Waals surface area contributed by atoms with E-state index in [1.165, 1.54) is 0 Å². The Morgan fingerprint density at radius 2 is 2.05 bits per heavy atom. The molecule has 3 aromatic rings. The van der Waals surface area contributed by atoms with Gasteiger partial charge in [-0.3, -0.25) is 0 Å². The van der Waals surface area contributed by atoms with E-state index >= 15 is 0 Å². The number of benzene rings is 1. The van der Waals surface area contributed by atoms with Gasteiger partial charge in [-0.25, -0.2) is 0 Å². The van der Waals surface area contributed by atoms with E-state index in [2.05, 4.69) is 24.4 Å². The van der Waals surface area contributed by atoms with Gasteiger partial charge >= 0.3 is 0 Å². The number of likely N-dealkylation sites (N-methyl/N-ethyl adjacent to an activating group) is 1. The molecule has 3 nitrogen and oxygen atoms in total. The summed E-state index contributed by atoms with van der Waals surface area (Å²) >= 11 is 0. The lowest BCUT2D eigenvalue weighted by atomic mass is 10.1. The average Bonchev–Trinajstić information content (AvgIpc) is 3.06. The molecule has 19 heavy (non-hydrogen) atoms. The molecule has 0 radical (unpaired) electrons. The van der Waals surface area contributed by atoms with Gasteiger partial charge in [-0.15, -0.1) is 0 Å². The van der Waals surface area contributed by atoms with Crippen LogP contribution in [0.1, 0.15) is 24.5 Å². The number of hydrogen-bond acceptors (Lipinski definition) is 3. The van der Waals surface area contributed by atoms with Gasteiger partial charge in [0.05, 0.1) is 12.3 Å². The lowest BCUT2D eigenvalue weighted by Gasteiger charge is -2.13. The van der Waals surface area contributed by atoms with Crippen LogP contribution >= 0.6 is 0 Å². The molecular weight excluding hydrogens is 238 g/mol. The van der Waals surface area contributed by atoms with Crippen LogP contribution in [0.4, 0.5) is 0 Å². The van der Waals surface area contributed by atoms with Crippen LogP contribution in [0.3, 0.4) is 0 Å². The molecule has 98 valence electrons. The van der Waals surface area contributed by atoms with Crippen molar-refractivity contribution in [3.8, 4) is 0 Å². The van der Waals surface area contributed by atoms with E-state index < -0.39 is 0 Å². The summed E-state index contributed by atoms with van der Waals surface area (Å²) in [7, 11) is 0. The van der Waals surface area contributed by atoms with E-state index in [1.807, 2.05) is 30.3 Å².